The van der Waals surface area contributed by atoms with Crippen molar-refractivity contribution in [2.24, 2.45) is 0 Å². The van der Waals surface area contributed by atoms with Crippen LogP contribution in [0.4, 0.5) is 0 Å². The van der Waals surface area contributed by atoms with Gasteiger partial charge in [-0.05, 0) is 27.9 Å². The summed E-state index contributed by atoms with van der Waals surface area (Å²) in [5, 5.41) is 9.20. The Morgan fingerprint density at radius 1 is 1.38 bits per heavy atom. The molecule has 74 valence electrons. The molecule has 0 spiro atoms. The number of rotatable bonds is 1. The predicted octanol–water partition coefficient (Wildman–Crippen LogP) is 1.40. The Bertz CT molecular complexity index is 230. The first kappa shape index (κ1) is 10.5. The topological polar surface area (TPSA) is 36.3 Å². The molecule has 1 aliphatic heterocycles. The third-order valence-electron chi connectivity index (χ3n) is 2.79. The number of nitrogens with zero attached hydrogens (tertiary/aromatic N) is 2. The largest absolute Gasteiger partial charge is 0.375 e. The molecule has 1 atom stereocenters. The Morgan fingerprint density at radius 3 is 2.31 bits per heavy atom. The van der Waals surface area contributed by atoms with E-state index in [-0.39, 0.29) is 11.1 Å². The van der Waals surface area contributed by atoms with Gasteiger partial charge in [-0.25, -0.2) is 0 Å². The minimum atomic E-state index is -0.332. The normalized spacial score (nSPS) is 32.9. The van der Waals surface area contributed by atoms with Crippen molar-refractivity contribution < 1.29 is 4.74 Å². The molecule has 0 saturated carbocycles. The van der Waals surface area contributed by atoms with Gasteiger partial charge in [-0.1, -0.05) is 0 Å². The summed E-state index contributed by atoms with van der Waals surface area (Å²) in [6.07, 6.45) is 1.59. The first-order valence-corrected chi connectivity index (χ1v) is 4.65. The van der Waals surface area contributed by atoms with E-state index in [0.29, 0.717) is 6.61 Å². The standard InChI is InChI=1S/C10H18N2O/c1-9(2)7-10(8-11,12(3)4)5-6-13-9/h5-7H2,1-4H3. The van der Waals surface area contributed by atoms with E-state index in [9.17, 15) is 5.26 Å². The molecule has 1 rings (SSSR count). The van der Waals surface area contributed by atoms with Crippen LogP contribution in [0, 0.1) is 11.3 Å². The lowest BCUT2D eigenvalue weighted by Gasteiger charge is -2.44. The van der Waals surface area contributed by atoms with Crippen LogP contribution in [0.2, 0.25) is 0 Å². The van der Waals surface area contributed by atoms with Gasteiger partial charge in [0.25, 0.3) is 0 Å². The summed E-state index contributed by atoms with van der Waals surface area (Å²) in [7, 11) is 3.93. The zero-order chi connectivity index (χ0) is 10.1. The third-order valence-corrected chi connectivity index (χ3v) is 2.79. The monoisotopic (exact) mass is 182 g/mol. The maximum Gasteiger partial charge on any atom is 0.113 e. The lowest BCUT2D eigenvalue weighted by molar-refractivity contribution is -0.0951. The van der Waals surface area contributed by atoms with Crippen LogP contribution in [0.5, 0.6) is 0 Å². The summed E-state index contributed by atoms with van der Waals surface area (Å²) < 4.78 is 5.59. The van der Waals surface area contributed by atoms with Crippen LogP contribution in [-0.4, -0.2) is 36.7 Å². The van der Waals surface area contributed by atoms with Gasteiger partial charge in [-0.2, -0.15) is 5.26 Å². The van der Waals surface area contributed by atoms with E-state index in [4.69, 9.17) is 4.74 Å². The Balaban J connectivity index is 2.84. The van der Waals surface area contributed by atoms with Gasteiger partial charge in [-0.15, -0.1) is 0 Å². The molecule has 0 N–H and O–H groups in total. The fourth-order valence-corrected chi connectivity index (χ4v) is 1.92. The van der Waals surface area contributed by atoms with E-state index in [1.54, 1.807) is 0 Å². The molecule has 0 aromatic rings. The Labute approximate surface area is 80.3 Å². The van der Waals surface area contributed by atoms with Gasteiger partial charge in [0.2, 0.25) is 0 Å². The molecule has 1 aliphatic rings. The van der Waals surface area contributed by atoms with Crippen molar-refractivity contribution in [3.63, 3.8) is 0 Å². The highest BCUT2D eigenvalue weighted by molar-refractivity contribution is 5.11. The van der Waals surface area contributed by atoms with E-state index in [1.807, 2.05) is 32.8 Å². The van der Waals surface area contributed by atoms with Crippen LogP contribution in [-0.2, 0) is 4.74 Å². The fourth-order valence-electron chi connectivity index (χ4n) is 1.92. The van der Waals surface area contributed by atoms with Crippen molar-refractivity contribution in [1.82, 2.24) is 4.90 Å². The molecule has 0 aromatic heterocycles. The van der Waals surface area contributed by atoms with Gasteiger partial charge >= 0.3 is 0 Å². The SMILES string of the molecule is CN(C)C1(C#N)CCOC(C)(C)C1. The Hall–Kier alpha value is -0.590. The minimum absolute atomic E-state index is 0.168. The maximum absolute atomic E-state index is 9.20. The van der Waals surface area contributed by atoms with Crippen LogP contribution in [0.25, 0.3) is 0 Å². The molecule has 1 saturated heterocycles. The van der Waals surface area contributed by atoms with Crippen LogP contribution in [0.1, 0.15) is 26.7 Å². The highest BCUT2D eigenvalue weighted by Gasteiger charge is 2.42. The highest BCUT2D eigenvalue weighted by atomic mass is 16.5. The summed E-state index contributed by atoms with van der Waals surface area (Å²) >= 11 is 0. The second-order valence-electron chi connectivity index (χ2n) is 4.57. The molecular weight excluding hydrogens is 164 g/mol. The molecule has 0 aromatic carbocycles. The van der Waals surface area contributed by atoms with E-state index in [1.165, 1.54) is 0 Å². The lowest BCUT2D eigenvalue weighted by Crippen LogP contribution is -2.53. The van der Waals surface area contributed by atoms with Gasteiger partial charge in [0.05, 0.1) is 18.3 Å². The van der Waals surface area contributed by atoms with E-state index in [0.717, 1.165) is 12.8 Å². The lowest BCUT2D eigenvalue weighted by atomic mass is 9.81. The smallest absolute Gasteiger partial charge is 0.113 e. The van der Waals surface area contributed by atoms with E-state index >= 15 is 0 Å². The molecule has 3 heteroatoms. The Kier molecular flexibility index (Phi) is 2.65. The first-order valence-electron chi connectivity index (χ1n) is 4.65. The number of nitriles is 1. The molecular formula is C10H18N2O. The quantitative estimate of drug-likeness (QED) is 0.615. The van der Waals surface area contributed by atoms with Gasteiger partial charge in [-0.3, -0.25) is 4.90 Å². The fraction of sp³-hybridized carbons (Fsp3) is 0.900. The maximum atomic E-state index is 9.20. The van der Waals surface area contributed by atoms with E-state index < -0.39 is 0 Å². The van der Waals surface area contributed by atoms with Gasteiger partial charge < -0.3 is 4.74 Å². The van der Waals surface area contributed by atoms with Crippen molar-refractivity contribution in [2.45, 2.75) is 37.8 Å². The molecule has 3 nitrogen and oxygen atoms in total. The molecule has 1 heterocycles. The summed E-state index contributed by atoms with van der Waals surface area (Å²) in [6.45, 7) is 4.77. The van der Waals surface area contributed by atoms with Crippen molar-refractivity contribution in [3.8, 4) is 6.07 Å². The number of hydrogen-bond donors (Lipinski definition) is 0. The van der Waals surface area contributed by atoms with Gasteiger partial charge in [0, 0.05) is 12.8 Å². The second-order valence-corrected chi connectivity index (χ2v) is 4.57. The van der Waals surface area contributed by atoms with Crippen LogP contribution >= 0.6 is 0 Å². The van der Waals surface area contributed by atoms with E-state index in [2.05, 4.69) is 6.07 Å². The number of ether oxygens (including phenoxy) is 1. The Morgan fingerprint density at radius 2 is 2.00 bits per heavy atom. The second kappa shape index (κ2) is 3.28. The van der Waals surface area contributed by atoms with Crippen molar-refractivity contribution in [2.75, 3.05) is 20.7 Å². The molecule has 1 fully saturated rings. The van der Waals surface area contributed by atoms with Crippen LogP contribution < -0.4 is 0 Å². The zero-order valence-corrected chi connectivity index (χ0v) is 8.92. The van der Waals surface area contributed by atoms with Crippen molar-refractivity contribution in [1.29, 1.82) is 5.26 Å². The summed E-state index contributed by atoms with van der Waals surface area (Å²) in [4.78, 5) is 2.01. The molecule has 13 heavy (non-hydrogen) atoms. The summed E-state index contributed by atoms with van der Waals surface area (Å²) in [5.74, 6) is 0. The van der Waals surface area contributed by atoms with Crippen molar-refractivity contribution in [3.05, 3.63) is 0 Å². The predicted molar refractivity (Wildman–Crippen MR) is 51.3 cm³/mol. The molecule has 0 radical (unpaired) electrons. The van der Waals surface area contributed by atoms with Crippen LogP contribution in [0.3, 0.4) is 0 Å². The average molecular weight is 182 g/mol. The number of hydrogen-bond acceptors (Lipinski definition) is 3. The molecule has 0 amide bonds. The van der Waals surface area contributed by atoms with Gasteiger partial charge in [0.1, 0.15) is 5.54 Å². The highest BCUT2D eigenvalue weighted by Crippen LogP contribution is 2.34. The van der Waals surface area contributed by atoms with Crippen LogP contribution in [0.15, 0.2) is 0 Å². The minimum Gasteiger partial charge on any atom is -0.375 e. The average Bonchev–Trinajstić information content (AvgIpc) is 2.02. The van der Waals surface area contributed by atoms with Crippen molar-refractivity contribution >= 4 is 0 Å². The summed E-state index contributed by atoms with van der Waals surface area (Å²) in [6, 6.07) is 2.42. The third kappa shape index (κ3) is 2.01. The molecule has 0 aliphatic carbocycles. The van der Waals surface area contributed by atoms with Gasteiger partial charge in [0.15, 0.2) is 0 Å². The first-order chi connectivity index (χ1) is 5.92. The molecule has 1 unspecified atom stereocenters. The molecule has 0 bridgehead atoms. The zero-order valence-electron chi connectivity index (χ0n) is 8.92. The summed E-state index contributed by atoms with van der Waals surface area (Å²) in [5.41, 5.74) is -0.500.